The van der Waals surface area contributed by atoms with Gasteiger partial charge in [-0.3, -0.25) is 0 Å². The highest BCUT2D eigenvalue weighted by molar-refractivity contribution is 7.86. The second kappa shape index (κ2) is 7.96. The largest absolute Gasteiger partial charge is 0.295 e. The molecule has 0 aliphatic carbocycles. The van der Waals surface area contributed by atoms with Crippen molar-refractivity contribution in [3.05, 3.63) is 57.2 Å². The first-order chi connectivity index (χ1) is 12.4. The Hall–Kier alpha value is -0.960. The Bertz CT molecular complexity index is 837. The van der Waals surface area contributed by atoms with Crippen molar-refractivity contribution in [3.63, 3.8) is 0 Å². The first-order valence-electron chi connectivity index (χ1n) is 8.70. The Morgan fingerprint density at radius 2 is 1.81 bits per heavy atom. The number of thiophene rings is 1. The van der Waals surface area contributed by atoms with E-state index in [0.29, 0.717) is 24.0 Å². The molecular weight excluding hydrogens is 390 g/mol. The summed E-state index contributed by atoms with van der Waals surface area (Å²) in [5.41, 5.74) is 1.13. The van der Waals surface area contributed by atoms with Gasteiger partial charge in [0, 0.05) is 37.5 Å². The van der Waals surface area contributed by atoms with E-state index in [0.717, 1.165) is 10.4 Å². The van der Waals surface area contributed by atoms with Crippen LogP contribution in [0.3, 0.4) is 0 Å². The number of halogens is 1. The fourth-order valence-corrected chi connectivity index (χ4v) is 6.74. The number of hydrogen-bond acceptors (Lipinski definition) is 4. The molecule has 1 aromatic heterocycles. The smallest absolute Gasteiger partial charge is 0.229 e. The first kappa shape index (κ1) is 19.8. The van der Waals surface area contributed by atoms with Gasteiger partial charge in [0.15, 0.2) is 0 Å². The number of rotatable bonds is 6. The zero-order valence-electron chi connectivity index (χ0n) is 15.2. The van der Waals surface area contributed by atoms with E-state index in [-0.39, 0.29) is 12.0 Å². The molecule has 1 aromatic carbocycles. The predicted octanol–water partition coefficient (Wildman–Crippen LogP) is 3.98. The fraction of sp³-hybridized carbons (Fsp3) is 0.444. The van der Waals surface area contributed by atoms with E-state index in [4.69, 9.17) is 11.6 Å². The molecule has 3 rings (SSSR count). The van der Waals surface area contributed by atoms with Crippen LogP contribution in [0.1, 0.15) is 36.2 Å². The van der Waals surface area contributed by atoms with Gasteiger partial charge in [-0.2, -0.15) is 12.7 Å². The zero-order chi connectivity index (χ0) is 18.9. The average Bonchev–Trinajstić information content (AvgIpc) is 3.19. The molecule has 0 spiro atoms. The molecular formula is C18H24ClN3O2S2. The van der Waals surface area contributed by atoms with Crippen LogP contribution in [-0.4, -0.2) is 48.8 Å². The van der Waals surface area contributed by atoms with E-state index in [1.807, 2.05) is 56.2 Å². The summed E-state index contributed by atoms with van der Waals surface area (Å²) in [6.07, 6.45) is 0. The van der Waals surface area contributed by atoms with Crippen LogP contribution in [0.4, 0.5) is 0 Å². The quantitative estimate of drug-likeness (QED) is 0.719. The summed E-state index contributed by atoms with van der Waals surface area (Å²) in [5.74, 6) is 0.0428. The third kappa shape index (κ3) is 3.56. The van der Waals surface area contributed by atoms with Crippen LogP contribution in [0.2, 0.25) is 4.34 Å². The van der Waals surface area contributed by atoms with Crippen molar-refractivity contribution in [1.29, 1.82) is 0 Å². The van der Waals surface area contributed by atoms with Crippen molar-refractivity contribution in [2.45, 2.75) is 25.8 Å². The van der Waals surface area contributed by atoms with Gasteiger partial charge in [-0.1, -0.05) is 55.8 Å². The molecule has 142 valence electrons. The van der Waals surface area contributed by atoms with Crippen molar-refractivity contribution in [3.8, 4) is 0 Å². The Morgan fingerprint density at radius 3 is 2.35 bits per heavy atom. The van der Waals surface area contributed by atoms with E-state index < -0.39 is 10.2 Å². The van der Waals surface area contributed by atoms with Crippen molar-refractivity contribution in [1.82, 2.24) is 13.7 Å². The maximum absolute atomic E-state index is 13.4. The maximum atomic E-state index is 13.4. The molecule has 1 saturated heterocycles. The summed E-state index contributed by atoms with van der Waals surface area (Å²) in [5, 5.41) is 1.82. The summed E-state index contributed by atoms with van der Waals surface area (Å²) >= 11 is 7.62. The molecule has 2 aromatic rings. The molecule has 2 unspecified atom stereocenters. The highest BCUT2D eigenvalue weighted by atomic mass is 35.5. The van der Waals surface area contributed by atoms with Crippen LogP contribution in [0.15, 0.2) is 42.5 Å². The van der Waals surface area contributed by atoms with E-state index >= 15 is 0 Å². The molecule has 1 aliphatic rings. The van der Waals surface area contributed by atoms with Gasteiger partial charge in [0.05, 0.1) is 10.4 Å². The molecule has 0 amide bonds. The molecule has 0 bridgehead atoms. The molecule has 26 heavy (non-hydrogen) atoms. The number of hydrogen-bond donors (Lipinski definition) is 0. The lowest BCUT2D eigenvalue weighted by atomic mass is 9.92. The minimum atomic E-state index is -3.62. The number of nitrogens with zero attached hydrogens (tertiary/aromatic N) is 3. The van der Waals surface area contributed by atoms with Gasteiger partial charge in [0.2, 0.25) is 0 Å². The third-order valence-corrected chi connectivity index (χ3v) is 8.25. The minimum absolute atomic E-state index is 0.0428. The van der Waals surface area contributed by atoms with Crippen LogP contribution in [0.5, 0.6) is 0 Å². The normalized spacial score (nSPS) is 22.3. The average molecular weight is 414 g/mol. The number of likely N-dealkylation sites (N-methyl/N-ethyl adjacent to an activating group) is 1. The van der Waals surface area contributed by atoms with Gasteiger partial charge in [-0.25, -0.2) is 5.01 Å². The molecule has 0 saturated carbocycles. The second-order valence-corrected chi connectivity index (χ2v) is 9.84. The predicted molar refractivity (Wildman–Crippen MR) is 108 cm³/mol. The lowest BCUT2D eigenvalue weighted by Gasteiger charge is -2.33. The molecule has 2 atom stereocenters. The van der Waals surface area contributed by atoms with E-state index in [1.54, 1.807) is 4.41 Å². The molecule has 0 N–H and O–H groups in total. The van der Waals surface area contributed by atoms with Gasteiger partial charge in [0.1, 0.15) is 0 Å². The van der Waals surface area contributed by atoms with Gasteiger partial charge >= 0.3 is 0 Å². The summed E-state index contributed by atoms with van der Waals surface area (Å²) in [6, 6.07) is 13.6. The van der Waals surface area contributed by atoms with E-state index in [2.05, 4.69) is 12.1 Å². The summed E-state index contributed by atoms with van der Waals surface area (Å²) in [6.45, 7) is 5.24. The van der Waals surface area contributed by atoms with E-state index in [1.165, 1.54) is 15.6 Å². The van der Waals surface area contributed by atoms with Crippen LogP contribution < -0.4 is 0 Å². The minimum Gasteiger partial charge on any atom is -0.229 e. The number of benzene rings is 1. The fourth-order valence-electron chi connectivity index (χ4n) is 3.60. The van der Waals surface area contributed by atoms with Gasteiger partial charge in [0.25, 0.3) is 10.2 Å². The SMILES string of the molecule is CCN(CC)S(=O)(=O)N1C(c2ccc(Cl)s2)C(c2ccccc2)CN1C. The van der Waals surface area contributed by atoms with Crippen molar-refractivity contribution in [2.75, 3.05) is 26.7 Å². The van der Waals surface area contributed by atoms with Crippen molar-refractivity contribution < 1.29 is 8.42 Å². The highest BCUT2D eigenvalue weighted by Crippen LogP contribution is 2.47. The topological polar surface area (TPSA) is 43.9 Å². The summed E-state index contributed by atoms with van der Waals surface area (Å²) in [7, 11) is -1.78. The van der Waals surface area contributed by atoms with Crippen LogP contribution in [0.25, 0.3) is 0 Å². The van der Waals surface area contributed by atoms with Gasteiger partial charge < -0.3 is 0 Å². The molecule has 8 heteroatoms. The Labute approximate surface area is 164 Å². The van der Waals surface area contributed by atoms with Crippen LogP contribution >= 0.6 is 22.9 Å². The molecule has 2 heterocycles. The monoisotopic (exact) mass is 413 g/mol. The lowest BCUT2D eigenvalue weighted by Crippen LogP contribution is -2.48. The summed E-state index contributed by atoms with van der Waals surface area (Å²) in [4.78, 5) is 0.962. The standard InChI is InChI=1S/C18H24ClN3O2S2/c1-4-21(5-2)26(23,24)22-18(16-11-12-17(19)25-16)15(13-20(22)3)14-9-7-6-8-10-14/h6-12,15,18H,4-5,13H2,1-3H3. The van der Waals surface area contributed by atoms with Gasteiger partial charge in [-0.05, 0) is 17.7 Å². The Kier molecular flexibility index (Phi) is 6.06. The third-order valence-electron chi connectivity index (χ3n) is 4.80. The molecule has 0 radical (unpaired) electrons. The molecule has 5 nitrogen and oxygen atoms in total. The lowest BCUT2D eigenvalue weighted by molar-refractivity contribution is 0.115. The zero-order valence-corrected chi connectivity index (χ0v) is 17.6. The summed E-state index contributed by atoms with van der Waals surface area (Å²) < 4.78 is 30.4. The highest BCUT2D eigenvalue weighted by Gasteiger charge is 2.48. The second-order valence-electron chi connectivity index (χ2n) is 6.31. The van der Waals surface area contributed by atoms with E-state index in [9.17, 15) is 8.42 Å². The van der Waals surface area contributed by atoms with Crippen molar-refractivity contribution >= 4 is 33.1 Å². The molecule has 1 fully saturated rings. The molecule has 1 aliphatic heterocycles. The van der Waals surface area contributed by atoms with Crippen LogP contribution in [0, 0.1) is 0 Å². The Morgan fingerprint density at radius 1 is 1.15 bits per heavy atom. The van der Waals surface area contributed by atoms with Crippen LogP contribution in [-0.2, 0) is 10.2 Å². The van der Waals surface area contributed by atoms with Gasteiger partial charge in [-0.15, -0.1) is 15.8 Å². The first-order valence-corrected chi connectivity index (χ1v) is 11.3. The van der Waals surface area contributed by atoms with Crippen molar-refractivity contribution in [2.24, 2.45) is 0 Å². The maximum Gasteiger partial charge on any atom is 0.295 e. The Balaban J connectivity index is 2.10. The number of hydrazine groups is 1.